The molecule has 0 aliphatic rings. The van der Waals surface area contributed by atoms with Crippen molar-refractivity contribution in [2.45, 2.75) is 20.3 Å². The first-order valence-electron chi connectivity index (χ1n) is 4.14. The Morgan fingerprint density at radius 1 is 1.33 bits per heavy atom. The molecule has 66 valence electrons. The Labute approximate surface area is 73.2 Å². The van der Waals surface area contributed by atoms with Crippen LogP contribution in [0.25, 0.3) is 0 Å². The lowest BCUT2D eigenvalue weighted by Crippen LogP contribution is -2.77. The van der Waals surface area contributed by atoms with E-state index in [0.717, 1.165) is 30.2 Å². The van der Waals surface area contributed by atoms with Gasteiger partial charge in [-0.2, -0.15) is 7.05 Å². The number of aryl methyl sites for hydroxylation is 2. The molecule has 0 saturated carbocycles. The van der Waals surface area contributed by atoms with E-state index in [-0.39, 0.29) is 0 Å². The highest BCUT2D eigenvalue weighted by Crippen LogP contribution is 1.98. The standard InChI is InChI=1S/C9H15N3/c1-7-6-8(2)12-9(11-7)4-5-10-3/h6H,3-5,10H2,1-2H3. The van der Waals surface area contributed by atoms with Crippen molar-refractivity contribution in [1.29, 1.82) is 0 Å². The van der Waals surface area contributed by atoms with E-state index >= 15 is 0 Å². The molecule has 0 aromatic carbocycles. The highest BCUT2D eigenvalue weighted by Gasteiger charge is 1.98. The second kappa shape index (κ2) is 4.16. The quantitative estimate of drug-likeness (QED) is 0.640. The van der Waals surface area contributed by atoms with Gasteiger partial charge in [-0.1, -0.05) is 0 Å². The van der Waals surface area contributed by atoms with Crippen LogP contribution in [0, 0.1) is 20.9 Å². The summed E-state index contributed by atoms with van der Waals surface area (Å²) in [6, 6.07) is 1.98. The summed E-state index contributed by atoms with van der Waals surface area (Å²) in [5.74, 6) is 0.924. The topological polar surface area (TPSA) is 42.4 Å². The number of rotatable bonds is 3. The summed E-state index contributed by atoms with van der Waals surface area (Å²) in [6.07, 6.45) is 0.895. The molecule has 0 aliphatic heterocycles. The third-order valence-corrected chi connectivity index (χ3v) is 1.60. The van der Waals surface area contributed by atoms with Crippen molar-refractivity contribution >= 4 is 0 Å². The summed E-state index contributed by atoms with van der Waals surface area (Å²) < 4.78 is 0. The molecule has 3 heteroatoms. The van der Waals surface area contributed by atoms with E-state index in [4.69, 9.17) is 0 Å². The molecule has 0 fully saturated rings. The zero-order valence-corrected chi connectivity index (χ0v) is 7.67. The Morgan fingerprint density at radius 3 is 2.42 bits per heavy atom. The molecule has 0 saturated heterocycles. The SMILES string of the molecule is [CH2-][NH2+]CCc1nc(C)cc(C)n1. The van der Waals surface area contributed by atoms with Gasteiger partial charge in [0.15, 0.2) is 0 Å². The highest BCUT2D eigenvalue weighted by molar-refractivity contribution is 5.08. The molecule has 0 radical (unpaired) electrons. The first kappa shape index (κ1) is 9.13. The normalized spacial score (nSPS) is 10.2. The predicted molar refractivity (Wildman–Crippen MR) is 47.4 cm³/mol. The van der Waals surface area contributed by atoms with Crippen LogP contribution < -0.4 is 5.32 Å². The van der Waals surface area contributed by atoms with Crippen LogP contribution in [-0.2, 0) is 6.42 Å². The molecule has 0 bridgehead atoms. The molecule has 2 N–H and O–H groups in total. The number of quaternary nitrogens is 1. The van der Waals surface area contributed by atoms with E-state index in [1.165, 1.54) is 0 Å². The van der Waals surface area contributed by atoms with Gasteiger partial charge < -0.3 is 5.32 Å². The van der Waals surface area contributed by atoms with Crippen molar-refractivity contribution in [2.75, 3.05) is 6.54 Å². The van der Waals surface area contributed by atoms with Crippen molar-refractivity contribution in [3.8, 4) is 0 Å². The van der Waals surface area contributed by atoms with Gasteiger partial charge in [-0.3, -0.25) is 0 Å². The van der Waals surface area contributed by atoms with E-state index < -0.39 is 0 Å². The molecule has 1 rings (SSSR count). The fraction of sp³-hybridized carbons (Fsp3) is 0.444. The summed E-state index contributed by atoms with van der Waals surface area (Å²) in [5, 5.41) is 1.89. The van der Waals surface area contributed by atoms with Gasteiger partial charge in [0.1, 0.15) is 5.82 Å². The van der Waals surface area contributed by atoms with Gasteiger partial charge in [-0.05, 0) is 19.9 Å². The molecule has 0 amide bonds. The summed E-state index contributed by atoms with van der Waals surface area (Å²) >= 11 is 0. The molecular formula is C9H15N3. The van der Waals surface area contributed by atoms with Crippen LogP contribution in [0.2, 0.25) is 0 Å². The van der Waals surface area contributed by atoms with Gasteiger partial charge in [0.2, 0.25) is 0 Å². The largest absolute Gasteiger partial charge is 0.478 e. The number of nitrogens with two attached hydrogens (primary N) is 1. The summed E-state index contributed by atoms with van der Waals surface area (Å²) in [4.78, 5) is 8.63. The number of hydrogen-bond acceptors (Lipinski definition) is 2. The van der Waals surface area contributed by atoms with Gasteiger partial charge >= 0.3 is 0 Å². The first-order valence-corrected chi connectivity index (χ1v) is 4.14. The van der Waals surface area contributed by atoms with Crippen LogP contribution in [0.1, 0.15) is 17.2 Å². The minimum Gasteiger partial charge on any atom is -0.478 e. The van der Waals surface area contributed by atoms with Gasteiger partial charge in [0.05, 0.1) is 13.0 Å². The molecule has 1 aromatic heterocycles. The van der Waals surface area contributed by atoms with E-state index in [1.807, 2.05) is 25.2 Å². The van der Waals surface area contributed by atoms with Crippen molar-refractivity contribution in [3.63, 3.8) is 0 Å². The highest BCUT2D eigenvalue weighted by atomic mass is 14.9. The molecule has 12 heavy (non-hydrogen) atoms. The van der Waals surface area contributed by atoms with Crippen LogP contribution in [-0.4, -0.2) is 16.5 Å². The van der Waals surface area contributed by atoms with Crippen molar-refractivity contribution < 1.29 is 5.32 Å². The van der Waals surface area contributed by atoms with E-state index in [1.54, 1.807) is 0 Å². The van der Waals surface area contributed by atoms with Crippen molar-refractivity contribution in [2.24, 2.45) is 0 Å². The fourth-order valence-corrected chi connectivity index (χ4v) is 1.14. The average Bonchev–Trinajstić information content (AvgIpc) is 1.99. The Morgan fingerprint density at radius 2 is 1.92 bits per heavy atom. The first-order chi connectivity index (χ1) is 5.72. The van der Waals surface area contributed by atoms with Crippen LogP contribution >= 0.6 is 0 Å². The molecule has 1 heterocycles. The van der Waals surface area contributed by atoms with Crippen LogP contribution in [0.4, 0.5) is 0 Å². The molecule has 0 unspecified atom stereocenters. The zero-order chi connectivity index (χ0) is 8.97. The third-order valence-electron chi connectivity index (χ3n) is 1.60. The molecule has 1 aromatic rings. The maximum Gasteiger partial charge on any atom is 0.134 e. The maximum atomic E-state index is 4.31. The fourth-order valence-electron chi connectivity index (χ4n) is 1.14. The summed E-state index contributed by atoms with van der Waals surface area (Å²) in [5.41, 5.74) is 2.09. The number of aromatic nitrogens is 2. The van der Waals surface area contributed by atoms with Crippen molar-refractivity contribution in [3.05, 3.63) is 30.3 Å². The average molecular weight is 165 g/mol. The summed E-state index contributed by atoms with van der Waals surface area (Å²) in [7, 11) is 3.67. The third kappa shape index (κ3) is 2.58. The predicted octanol–water partition coefficient (Wildman–Crippen LogP) is -0.00907. The van der Waals surface area contributed by atoms with E-state index in [0.29, 0.717) is 0 Å². The van der Waals surface area contributed by atoms with E-state index in [9.17, 15) is 0 Å². The Kier molecular flexibility index (Phi) is 3.17. The molecule has 0 spiro atoms. The lowest BCUT2D eigenvalue weighted by molar-refractivity contribution is -0.595. The van der Waals surface area contributed by atoms with E-state index in [2.05, 4.69) is 17.0 Å². The number of hydrogen-bond donors (Lipinski definition) is 1. The Bertz CT molecular complexity index is 238. The van der Waals surface area contributed by atoms with Crippen molar-refractivity contribution in [1.82, 2.24) is 9.97 Å². The minimum atomic E-state index is 0.895. The van der Waals surface area contributed by atoms with Crippen LogP contribution in [0.3, 0.4) is 0 Å². The summed E-state index contributed by atoms with van der Waals surface area (Å²) in [6.45, 7) is 4.93. The lowest BCUT2D eigenvalue weighted by Gasteiger charge is -2.02. The number of nitrogens with zero attached hydrogens (tertiary/aromatic N) is 2. The molecular weight excluding hydrogens is 150 g/mol. The zero-order valence-electron chi connectivity index (χ0n) is 7.67. The Balaban J connectivity index is 2.72. The minimum absolute atomic E-state index is 0.895. The van der Waals surface area contributed by atoms with Gasteiger partial charge in [-0.15, -0.1) is 0 Å². The smallest absolute Gasteiger partial charge is 0.134 e. The van der Waals surface area contributed by atoms with Gasteiger partial charge in [0, 0.05) is 11.4 Å². The molecule has 0 aliphatic carbocycles. The van der Waals surface area contributed by atoms with Gasteiger partial charge in [0.25, 0.3) is 0 Å². The second-order valence-corrected chi connectivity index (χ2v) is 2.89. The Hall–Kier alpha value is -0.960. The molecule has 3 nitrogen and oxygen atoms in total. The van der Waals surface area contributed by atoms with Crippen LogP contribution in [0.15, 0.2) is 6.07 Å². The lowest BCUT2D eigenvalue weighted by atomic mass is 10.3. The second-order valence-electron chi connectivity index (χ2n) is 2.89. The van der Waals surface area contributed by atoms with Gasteiger partial charge in [-0.25, -0.2) is 9.97 Å². The monoisotopic (exact) mass is 165 g/mol. The molecule has 0 atom stereocenters. The maximum absolute atomic E-state index is 4.31. The van der Waals surface area contributed by atoms with Crippen LogP contribution in [0.5, 0.6) is 0 Å².